The number of hydrogen-bond acceptors (Lipinski definition) is 7. The quantitative estimate of drug-likeness (QED) is 0.622. The zero-order chi connectivity index (χ0) is 18.5. The number of carbonyl (C=O) groups excluding carboxylic acids is 1. The minimum atomic E-state index is -0.764. The third kappa shape index (κ3) is 4.26. The number of carbonyl (C=O) groups is 1. The van der Waals surface area contributed by atoms with Crippen LogP contribution in [0.15, 0.2) is 42.0 Å². The molecule has 1 aromatic carbocycles. The fourth-order valence-electron chi connectivity index (χ4n) is 2.16. The highest BCUT2D eigenvalue weighted by atomic mass is 32.1. The van der Waals surface area contributed by atoms with Gasteiger partial charge >= 0.3 is 5.97 Å². The van der Waals surface area contributed by atoms with Crippen LogP contribution < -0.4 is 4.74 Å². The number of benzene rings is 1. The Morgan fingerprint density at radius 1 is 1.38 bits per heavy atom. The summed E-state index contributed by atoms with van der Waals surface area (Å²) in [7, 11) is 1.84. The van der Waals surface area contributed by atoms with Crippen molar-refractivity contribution in [1.82, 2.24) is 14.8 Å². The number of aromatic nitrogens is 3. The fraction of sp³-hybridized carbons (Fsp3) is 0.222. The number of rotatable bonds is 6. The summed E-state index contributed by atoms with van der Waals surface area (Å²) in [5, 5.41) is 15.6. The van der Waals surface area contributed by atoms with Crippen LogP contribution in [0.4, 0.5) is 0 Å². The molecule has 0 saturated carbocycles. The molecule has 0 aliphatic heterocycles. The standard InChI is InChI=1S/C18H16N4O3S/c1-12(25-16-5-3-13(7-19)4-6-16)18(23)24-10-15-11-26-17(21-15)14-8-20-22(2)9-14/h3-6,8-9,11-12H,10H2,1-2H3. The Morgan fingerprint density at radius 2 is 2.15 bits per heavy atom. The van der Waals surface area contributed by atoms with Gasteiger partial charge in [-0.3, -0.25) is 4.68 Å². The second-order valence-electron chi connectivity index (χ2n) is 5.55. The smallest absolute Gasteiger partial charge is 0.347 e. The Morgan fingerprint density at radius 3 is 2.81 bits per heavy atom. The molecule has 0 fully saturated rings. The summed E-state index contributed by atoms with van der Waals surface area (Å²) in [5.74, 6) is 0.0197. The first-order valence-corrected chi connectivity index (χ1v) is 8.70. The molecule has 7 nitrogen and oxygen atoms in total. The van der Waals surface area contributed by atoms with Gasteiger partial charge < -0.3 is 9.47 Å². The molecule has 132 valence electrons. The van der Waals surface area contributed by atoms with Crippen LogP contribution in [0.25, 0.3) is 10.6 Å². The molecule has 1 unspecified atom stereocenters. The average Bonchev–Trinajstić information content (AvgIpc) is 3.29. The van der Waals surface area contributed by atoms with Crippen LogP contribution in [-0.4, -0.2) is 26.8 Å². The number of esters is 1. The molecule has 0 saturated heterocycles. The van der Waals surface area contributed by atoms with Gasteiger partial charge in [0, 0.05) is 24.2 Å². The SMILES string of the molecule is CC(Oc1ccc(C#N)cc1)C(=O)OCc1csc(-c2cnn(C)c2)n1. The average molecular weight is 368 g/mol. The van der Waals surface area contributed by atoms with Crippen molar-refractivity contribution in [3.63, 3.8) is 0 Å². The Bertz CT molecular complexity index is 940. The summed E-state index contributed by atoms with van der Waals surface area (Å²) in [5.41, 5.74) is 2.13. The van der Waals surface area contributed by atoms with E-state index in [-0.39, 0.29) is 6.61 Å². The molecule has 2 aromatic heterocycles. The largest absolute Gasteiger partial charge is 0.479 e. The molecule has 0 N–H and O–H groups in total. The van der Waals surface area contributed by atoms with E-state index in [0.717, 1.165) is 10.6 Å². The van der Waals surface area contributed by atoms with Crippen LogP contribution in [0, 0.1) is 11.3 Å². The van der Waals surface area contributed by atoms with Crippen LogP contribution in [0.3, 0.4) is 0 Å². The van der Waals surface area contributed by atoms with Crippen LogP contribution in [0.5, 0.6) is 5.75 Å². The van der Waals surface area contributed by atoms with E-state index in [2.05, 4.69) is 10.1 Å². The second kappa shape index (κ2) is 7.80. The highest BCUT2D eigenvalue weighted by Crippen LogP contribution is 2.23. The first-order valence-electron chi connectivity index (χ1n) is 7.82. The molecule has 2 heterocycles. The first kappa shape index (κ1) is 17.6. The van der Waals surface area contributed by atoms with Crippen molar-refractivity contribution in [2.75, 3.05) is 0 Å². The van der Waals surface area contributed by atoms with Gasteiger partial charge in [-0.25, -0.2) is 9.78 Å². The number of aryl methyl sites for hydroxylation is 1. The van der Waals surface area contributed by atoms with E-state index in [1.165, 1.54) is 11.3 Å². The predicted molar refractivity (Wildman–Crippen MR) is 95.4 cm³/mol. The van der Waals surface area contributed by atoms with E-state index >= 15 is 0 Å². The second-order valence-corrected chi connectivity index (χ2v) is 6.41. The highest BCUT2D eigenvalue weighted by Gasteiger charge is 2.17. The third-order valence-corrected chi connectivity index (χ3v) is 4.43. The summed E-state index contributed by atoms with van der Waals surface area (Å²) < 4.78 is 12.5. The number of ether oxygens (including phenoxy) is 2. The molecule has 1 atom stereocenters. The van der Waals surface area contributed by atoms with Gasteiger partial charge in [0.05, 0.1) is 23.5 Å². The van der Waals surface area contributed by atoms with Gasteiger partial charge in [-0.05, 0) is 31.2 Å². The Labute approximate surface area is 154 Å². The molecule has 0 bridgehead atoms. The van der Waals surface area contributed by atoms with Gasteiger partial charge in [0.15, 0.2) is 6.10 Å². The fourth-order valence-corrected chi connectivity index (χ4v) is 2.94. The molecular weight excluding hydrogens is 352 g/mol. The number of thiazole rings is 1. The number of nitrogens with zero attached hydrogens (tertiary/aromatic N) is 4. The molecule has 0 spiro atoms. The highest BCUT2D eigenvalue weighted by molar-refractivity contribution is 7.13. The zero-order valence-corrected chi connectivity index (χ0v) is 15.1. The maximum absolute atomic E-state index is 12.1. The van der Waals surface area contributed by atoms with Crippen molar-refractivity contribution in [3.05, 3.63) is 53.3 Å². The van der Waals surface area contributed by atoms with Crippen LogP contribution in [0.2, 0.25) is 0 Å². The summed E-state index contributed by atoms with van der Waals surface area (Å²) in [6.07, 6.45) is 2.85. The van der Waals surface area contributed by atoms with Gasteiger partial charge in [0.1, 0.15) is 17.4 Å². The minimum Gasteiger partial charge on any atom is -0.479 e. The monoisotopic (exact) mass is 368 g/mol. The summed E-state index contributed by atoms with van der Waals surface area (Å²) in [6, 6.07) is 8.56. The summed E-state index contributed by atoms with van der Waals surface area (Å²) in [6.45, 7) is 1.69. The van der Waals surface area contributed by atoms with Crippen molar-refractivity contribution in [3.8, 4) is 22.4 Å². The van der Waals surface area contributed by atoms with Gasteiger partial charge in [0.25, 0.3) is 0 Å². The third-order valence-electron chi connectivity index (χ3n) is 3.49. The lowest BCUT2D eigenvalue weighted by molar-refractivity contribution is -0.152. The van der Waals surface area contributed by atoms with Crippen LogP contribution in [0.1, 0.15) is 18.2 Å². The van der Waals surface area contributed by atoms with Gasteiger partial charge in [-0.15, -0.1) is 11.3 Å². The lowest BCUT2D eigenvalue weighted by atomic mass is 10.2. The normalized spacial score (nSPS) is 11.6. The number of nitriles is 1. The van der Waals surface area contributed by atoms with Gasteiger partial charge in [-0.2, -0.15) is 10.4 Å². The van der Waals surface area contributed by atoms with E-state index in [0.29, 0.717) is 17.0 Å². The van der Waals surface area contributed by atoms with E-state index in [1.54, 1.807) is 42.1 Å². The van der Waals surface area contributed by atoms with E-state index in [4.69, 9.17) is 14.7 Å². The molecule has 3 aromatic rings. The zero-order valence-electron chi connectivity index (χ0n) is 14.2. The summed E-state index contributed by atoms with van der Waals surface area (Å²) >= 11 is 1.47. The lowest BCUT2D eigenvalue weighted by Crippen LogP contribution is -2.26. The van der Waals surface area contributed by atoms with Crippen molar-refractivity contribution in [1.29, 1.82) is 5.26 Å². The summed E-state index contributed by atoms with van der Waals surface area (Å²) in [4.78, 5) is 16.5. The van der Waals surface area contributed by atoms with Gasteiger partial charge in [0.2, 0.25) is 0 Å². The molecule has 8 heteroatoms. The van der Waals surface area contributed by atoms with Gasteiger partial charge in [-0.1, -0.05) is 0 Å². The predicted octanol–water partition coefficient (Wildman–Crippen LogP) is 2.93. The number of hydrogen-bond donors (Lipinski definition) is 0. The molecule has 26 heavy (non-hydrogen) atoms. The molecular formula is C18H16N4O3S. The Hall–Kier alpha value is -3.18. The van der Waals surface area contributed by atoms with Crippen LogP contribution in [-0.2, 0) is 23.2 Å². The van der Waals surface area contributed by atoms with E-state index in [9.17, 15) is 4.79 Å². The molecule has 3 rings (SSSR count). The van der Waals surface area contributed by atoms with Crippen molar-refractivity contribution >= 4 is 17.3 Å². The van der Waals surface area contributed by atoms with Crippen LogP contribution >= 0.6 is 11.3 Å². The minimum absolute atomic E-state index is 0.0800. The molecule has 0 aliphatic carbocycles. The molecule has 0 radical (unpaired) electrons. The van der Waals surface area contributed by atoms with E-state index < -0.39 is 12.1 Å². The maximum Gasteiger partial charge on any atom is 0.347 e. The van der Waals surface area contributed by atoms with Crippen molar-refractivity contribution in [2.24, 2.45) is 7.05 Å². The topological polar surface area (TPSA) is 90.0 Å². The van der Waals surface area contributed by atoms with E-state index in [1.807, 2.05) is 24.7 Å². The Kier molecular flexibility index (Phi) is 5.29. The molecule has 0 amide bonds. The lowest BCUT2D eigenvalue weighted by Gasteiger charge is -2.13. The molecule has 0 aliphatic rings. The van der Waals surface area contributed by atoms with Crippen molar-refractivity contribution < 1.29 is 14.3 Å². The van der Waals surface area contributed by atoms with Crippen molar-refractivity contribution in [2.45, 2.75) is 19.6 Å². The first-order chi connectivity index (χ1) is 12.5. The Balaban J connectivity index is 1.53. The maximum atomic E-state index is 12.1.